The summed E-state index contributed by atoms with van der Waals surface area (Å²) in [5, 5.41) is 0. The molecule has 2 amide bonds. The number of hydrogen-bond acceptors (Lipinski definition) is 4. The molecule has 0 spiro atoms. The Balaban J connectivity index is 1.31. The molecule has 5 rings (SSSR count). The van der Waals surface area contributed by atoms with E-state index in [1.165, 1.54) is 4.90 Å². The maximum atomic E-state index is 13.1. The first-order valence-electron chi connectivity index (χ1n) is 9.94. The summed E-state index contributed by atoms with van der Waals surface area (Å²) >= 11 is 7.39. The van der Waals surface area contributed by atoms with Crippen LogP contribution in [0.5, 0.6) is 0 Å². The first-order valence-corrected chi connectivity index (χ1v) is 11.8. The zero-order valence-corrected chi connectivity index (χ0v) is 19.1. The van der Waals surface area contributed by atoms with Crippen LogP contribution >= 0.6 is 31.9 Å². The molecule has 7 heteroatoms. The van der Waals surface area contributed by atoms with Crippen molar-refractivity contribution in [3.8, 4) is 0 Å². The molecule has 2 aromatic rings. The fraction of sp³-hybridized carbons (Fsp3) is 0.348. The van der Waals surface area contributed by atoms with Crippen LogP contribution in [0, 0.1) is 23.7 Å². The molecule has 5 nitrogen and oxygen atoms in total. The van der Waals surface area contributed by atoms with Crippen LogP contribution < -0.4 is 4.90 Å². The molecule has 2 saturated carbocycles. The Morgan fingerprint density at radius 1 is 0.900 bits per heavy atom. The lowest BCUT2D eigenvalue weighted by Gasteiger charge is -2.28. The van der Waals surface area contributed by atoms with E-state index >= 15 is 0 Å². The molecule has 3 aliphatic rings. The lowest BCUT2D eigenvalue weighted by Crippen LogP contribution is -2.37. The fourth-order valence-electron chi connectivity index (χ4n) is 5.16. The number of halogens is 2. The van der Waals surface area contributed by atoms with Crippen molar-refractivity contribution in [3.63, 3.8) is 0 Å². The maximum Gasteiger partial charge on any atom is 0.338 e. The monoisotopic (exact) mass is 531 g/mol. The van der Waals surface area contributed by atoms with Crippen LogP contribution in [0.4, 0.5) is 5.69 Å². The van der Waals surface area contributed by atoms with Crippen molar-refractivity contribution in [2.45, 2.75) is 22.7 Å². The van der Waals surface area contributed by atoms with Gasteiger partial charge in [0.15, 0.2) is 0 Å². The quantitative estimate of drug-likeness (QED) is 0.334. The highest BCUT2D eigenvalue weighted by molar-refractivity contribution is 9.12. The van der Waals surface area contributed by atoms with Gasteiger partial charge in [0, 0.05) is 9.65 Å². The summed E-state index contributed by atoms with van der Waals surface area (Å²) in [7, 11) is 0. The van der Waals surface area contributed by atoms with Crippen LogP contribution in [0.25, 0.3) is 0 Å². The molecular weight excluding hydrogens is 514 g/mol. The number of hydrogen-bond donors (Lipinski definition) is 0. The standard InChI is InChI=1S/C23H19Br2NO4/c24-19-15-10-16(20(19)25)18-17(15)21(27)26(22(18)28)14-8-6-13(7-9-14)23(29)30-11-12-4-2-1-3-5-12/h1-9,15-20H,10-11H2. The summed E-state index contributed by atoms with van der Waals surface area (Å²) in [4.78, 5) is 40.2. The highest BCUT2D eigenvalue weighted by Gasteiger charge is 2.66. The van der Waals surface area contributed by atoms with Gasteiger partial charge in [-0.3, -0.25) is 14.5 Å². The average Bonchev–Trinajstić information content (AvgIpc) is 3.38. The molecule has 1 aliphatic heterocycles. The van der Waals surface area contributed by atoms with Gasteiger partial charge >= 0.3 is 5.97 Å². The fourth-order valence-corrected chi connectivity index (χ4v) is 7.03. The van der Waals surface area contributed by atoms with Gasteiger partial charge < -0.3 is 4.74 Å². The van der Waals surface area contributed by atoms with Crippen molar-refractivity contribution < 1.29 is 19.1 Å². The Morgan fingerprint density at radius 2 is 1.47 bits per heavy atom. The number of imide groups is 1. The highest BCUT2D eigenvalue weighted by Crippen LogP contribution is 2.60. The number of carbonyl (C=O) groups excluding carboxylic acids is 3. The third kappa shape index (κ3) is 3.05. The average molecular weight is 533 g/mol. The van der Waals surface area contributed by atoms with Crippen molar-refractivity contribution in [1.29, 1.82) is 0 Å². The van der Waals surface area contributed by atoms with Gasteiger partial charge in [-0.1, -0.05) is 62.2 Å². The van der Waals surface area contributed by atoms with E-state index in [0.717, 1.165) is 12.0 Å². The van der Waals surface area contributed by atoms with Gasteiger partial charge in [0.2, 0.25) is 11.8 Å². The topological polar surface area (TPSA) is 63.7 Å². The number of nitrogens with zero attached hydrogens (tertiary/aromatic N) is 1. The lowest BCUT2D eigenvalue weighted by molar-refractivity contribution is -0.123. The second kappa shape index (κ2) is 7.61. The van der Waals surface area contributed by atoms with Crippen LogP contribution in [-0.2, 0) is 20.9 Å². The first kappa shape index (κ1) is 19.9. The Labute approximate surface area is 191 Å². The van der Waals surface area contributed by atoms with E-state index in [9.17, 15) is 14.4 Å². The second-order valence-electron chi connectivity index (χ2n) is 8.12. The number of esters is 1. The summed E-state index contributed by atoms with van der Waals surface area (Å²) in [5.41, 5.74) is 1.80. The Kier molecular flexibility index (Phi) is 5.06. The molecule has 6 atom stereocenters. The van der Waals surface area contributed by atoms with E-state index in [1.54, 1.807) is 24.3 Å². The van der Waals surface area contributed by atoms with E-state index in [-0.39, 0.29) is 51.7 Å². The van der Waals surface area contributed by atoms with Crippen molar-refractivity contribution in [2.24, 2.45) is 23.7 Å². The normalized spacial score (nSPS) is 31.9. The van der Waals surface area contributed by atoms with Crippen LogP contribution in [0.2, 0.25) is 0 Å². The molecule has 154 valence electrons. The third-order valence-electron chi connectivity index (χ3n) is 6.56. The smallest absolute Gasteiger partial charge is 0.338 e. The molecule has 30 heavy (non-hydrogen) atoms. The molecule has 0 aromatic heterocycles. The van der Waals surface area contributed by atoms with Crippen molar-refractivity contribution in [1.82, 2.24) is 0 Å². The number of alkyl halides is 2. The highest BCUT2D eigenvalue weighted by atomic mass is 79.9. The molecular formula is C23H19Br2NO4. The van der Waals surface area contributed by atoms with Crippen molar-refractivity contribution in [2.75, 3.05) is 4.90 Å². The number of carbonyl (C=O) groups is 3. The van der Waals surface area contributed by atoms with Crippen molar-refractivity contribution >= 4 is 55.3 Å². The van der Waals surface area contributed by atoms with Crippen LogP contribution in [-0.4, -0.2) is 27.4 Å². The zero-order chi connectivity index (χ0) is 21.0. The molecule has 2 aliphatic carbocycles. The predicted molar refractivity (Wildman–Crippen MR) is 119 cm³/mol. The summed E-state index contributed by atoms with van der Waals surface area (Å²) < 4.78 is 5.35. The molecule has 6 unspecified atom stereocenters. The number of fused-ring (bicyclic) bond motifs is 5. The van der Waals surface area contributed by atoms with Gasteiger partial charge in [0.05, 0.1) is 23.1 Å². The van der Waals surface area contributed by atoms with E-state index in [1.807, 2.05) is 30.3 Å². The molecule has 2 bridgehead atoms. The zero-order valence-electron chi connectivity index (χ0n) is 15.9. The Morgan fingerprint density at radius 3 is 2.03 bits per heavy atom. The number of amides is 2. The van der Waals surface area contributed by atoms with E-state index in [2.05, 4.69) is 31.9 Å². The maximum absolute atomic E-state index is 13.1. The minimum absolute atomic E-state index is 0.124. The number of benzene rings is 2. The minimum Gasteiger partial charge on any atom is -0.457 e. The number of anilines is 1. The molecule has 0 radical (unpaired) electrons. The van der Waals surface area contributed by atoms with Crippen LogP contribution in [0.15, 0.2) is 54.6 Å². The van der Waals surface area contributed by atoms with Gasteiger partial charge in [-0.05, 0) is 48.1 Å². The van der Waals surface area contributed by atoms with Gasteiger partial charge in [0.25, 0.3) is 0 Å². The largest absolute Gasteiger partial charge is 0.457 e. The number of rotatable bonds is 4. The van der Waals surface area contributed by atoms with E-state index in [0.29, 0.717) is 11.3 Å². The molecule has 1 saturated heterocycles. The van der Waals surface area contributed by atoms with E-state index in [4.69, 9.17) is 4.74 Å². The first-order chi connectivity index (χ1) is 14.5. The molecule has 2 aromatic carbocycles. The van der Waals surface area contributed by atoms with E-state index < -0.39 is 5.97 Å². The van der Waals surface area contributed by atoms with Crippen LogP contribution in [0.3, 0.4) is 0 Å². The minimum atomic E-state index is -0.441. The van der Waals surface area contributed by atoms with Gasteiger partial charge in [-0.2, -0.15) is 0 Å². The SMILES string of the molecule is O=C(OCc1ccccc1)c1ccc(N2C(=O)C3C4CC(C(Br)C4Br)C3C2=O)cc1. The summed E-state index contributed by atoms with van der Waals surface area (Å²) in [6.07, 6.45) is 0.901. The molecule has 0 N–H and O–H groups in total. The Bertz CT molecular complexity index is 978. The van der Waals surface area contributed by atoms with Crippen molar-refractivity contribution in [3.05, 3.63) is 65.7 Å². The number of ether oxygens (including phenoxy) is 1. The third-order valence-corrected chi connectivity index (χ3v) is 9.77. The second-order valence-corrected chi connectivity index (χ2v) is 10.2. The van der Waals surface area contributed by atoms with Gasteiger partial charge in [-0.15, -0.1) is 0 Å². The molecule has 3 fully saturated rings. The lowest BCUT2D eigenvalue weighted by atomic mass is 9.81. The predicted octanol–water partition coefficient (Wildman–Crippen LogP) is 4.33. The van der Waals surface area contributed by atoms with Gasteiger partial charge in [0.1, 0.15) is 6.61 Å². The molecule has 1 heterocycles. The Hall–Kier alpha value is -1.99. The van der Waals surface area contributed by atoms with Crippen LogP contribution in [0.1, 0.15) is 22.3 Å². The summed E-state index contributed by atoms with van der Waals surface area (Å²) in [5.74, 6) is -0.839. The summed E-state index contributed by atoms with van der Waals surface area (Å²) in [6, 6.07) is 16.0. The van der Waals surface area contributed by atoms with Gasteiger partial charge in [-0.25, -0.2) is 4.79 Å². The summed E-state index contributed by atoms with van der Waals surface area (Å²) in [6.45, 7) is 0.193.